The Bertz CT molecular complexity index is 1250. The summed E-state index contributed by atoms with van der Waals surface area (Å²) in [6, 6.07) is 9.62. The quantitative estimate of drug-likeness (QED) is 0.434. The van der Waals surface area contributed by atoms with Crippen molar-refractivity contribution in [3.8, 4) is 11.3 Å². The second-order valence-corrected chi connectivity index (χ2v) is 6.43. The molecule has 2 heterocycles. The van der Waals surface area contributed by atoms with Crippen LogP contribution in [0.4, 0.5) is 33.9 Å². The molecule has 0 unspecified atom stereocenters. The van der Waals surface area contributed by atoms with Gasteiger partial charge in [-0.25, -0.2) is 19.2 Å². The molecule has 0 saturated heterocycles. The molecule has 0 aliphatic carbocycles. The molecule has 0 radical (unpaired) electrons. The van der Waals surface area contributed by atoms with Crippen LogP contribution in [-0.2, 0) is 0 Å². The van der Waals surface area contributed by atoms with Gasteiger partial charge in [0.1, 0.15) is 12.4 Å². The van der Waals surface area contributed by atoms with Crippen molar-refractivity contribution >= 4 is 34.2 Å². The number of alkyl halides is 3. The molecule has 30 heavy (non-hydrogen) atoms. The maximum absolute atomic E-state index is 13.9. The van der Waals surface area contributed by atoms with Gasteiger partial charge in [0, 0.05) is 17.3 Å². The average molecular weight is 418 g/mol. The summed E-state index contributed by atoms with van der Waals surface area (Å²) in [5, 5.41) is 4.69. The molecule has 0 aliphatic heterocycles. The zero-order chi connectivity index (χ0) is 21.5. The minimum atomic E-state index is -4.45. The summed E-state index contributed by atoms with van der Waals surface area (Å²) in [5.41, 5.74) is 7.44. The van der Waals surface area contributed by atoms with Gasteiger partial charge in [0.15, 0.2) is 11.5 Å². The van der Waals surface area contributed by atoms with Crippen molar-refractivity contribution in [1.29, 1.82) is 0 Å². The Morgan fingerprint density at radius 3 is 2.53 bits per heavy atom. The van der Waals surface area contributed by atoms with Crippen LogP contribution in [0.5, 0.6) is 0 Å². The highest BCUT2D eigenvalue weighted by atomic mass is 19.4. The van der Waals surface area contributed by atoms with E-state index in [0.717, 1.165) is 0 Å². The highest BCUT2D eigenvalue weighted by molar-refractivity contribution is 5.89. The summed E-state index contributed by atoms with van der Waals surface area (Å²) < 4.78 is 53.5. The molecule has 0 saturated carbocycles. The standard InChI is InChI=1S/C19H14F4N6O/c20-11-3-6-13-14(7-11)29-15(10-1-4-12(5-2-10)27-18(24)30)8-25-17(29)16(28-13)26-9-19(21,22)23/h1-8H,9H2,(H,26,28)(H3,24,27,30). The van der Waals surface area contributed by atoms with Gasteiger partial charge in [-0.2, -0.15) is 13.2 Å². The van der Waals surface area contributed by atoms with Gasteiger partial charge in [0.05, 0.1) is 22.9 Å². The highest BCUT2D eigenvalue weighted by Gasteiger charge is 2.28. The van der Waals surface area contributed by atoms with Crippen LogP contribution in [0.3, 0.4) is 0 Å². The number of rotatable bonds is 4. The number of urea groups is 1. The first-order chi connectivity index (χ1) is 14.2. The van der Waals surface area contributed by atoms with Crippen LogP contribution in [-0.4, -0.2) is 33.1 Å². The fraction of sp³-hybridized carbons (Fsp3) is 0.105. The summed E-state index contributed by atoms with van der Waals surface area (Å²) in [6.45, 7) is -1.29. The Balaban J connectivity index is 1.88. The van der Waals surface area contributed by atoms with Crippen LogP contribution < -0.4 is 16.4 Å². The van der Waals surface area contributed by atoms with E-state index < -0.39 is 24.6 Å². The zero-order valence-corrected chi connectivity index (χ0v) is 15.2. The smallest absolute Gasteiger partial charge is 0.358 e. The van der Waals surface area contributed by atoms with Gasteiger partial charge >= 0.3 is 12.2 Å². The van der Waals surface area contributed by atoms with E-state index in [1.165, 1.54) is 28.8 Å². The lowest BCUT2D eigenvalue weighted by atomic mass is 10.1. The first-order valence-electron chi connectivity index (χ1n) is 8.65. The third kappa shape index (κ3) is 3.81. The topological polar surface area (TPSA) is 97.3 Å². The van der Waals surface area contributed by atoms with Gasteiger partial charge in [-0.05, 0) is 24.3 Å². The van der Waals surface area contributed by atoms with Crippen molar-refractivity contribution in [2.75, 3.05) is 17.2 Å². The van der Waals surface area contributed by atoms with Crippen LogP contribution >= 0.6 is 0 Å². The molecule has 4 N–H and O–H groups in total. The molecule has 2 aromatic heterocycles. The lowest BCUT2D eigenvalue weighted by Gasteiger charge is -2.13. The number of carbonyl (C=O) groups is 1. The molecule has 2 aromatic carbocycles. The molecule has 4 aromatic rings. The molecule has 154 valence electrons. The number of amides is 2. The Morgan fingerprint density at radius 1 is 1.13 bits per heavy atom. The number of anilines is 2. The lowest BCUT2D eigenvalue weighted by Crippen LogP contribution is -2.22. The second kappa shape index (κ2) is 7.17. The number of carbonyl (C=O) groups excluding carboxylic acids is 1. The fourth-order valence-corrected chi connectivity index (χ4v) is 3.08. The Hall–Kier alpha value is -3.89. The predicted octanol–water partition coefficient (Wildman–Crippen LogP) is 4.15. The number of halogens is 4. The maximum atomic E-state index is 13.9. The summed E-state index contributed by atoms with van der Waals surface area (Å²) in [5.74, 6) is -0.605. The van der Waals surface area contributed by atoms with Crippen LogP contribution in [0, 0.1) is 5.82 Å². The number of nitrogens with zero attached hydrogens (tertiary/aromatic N) is 3. The number of nitrogens with two attached hydrogens (primary N) is 1. The SMILES string of the molecule is NC(=O)Nc1ccc(-c2cnc3c(NCC(F)(F)F)nc4ccc(F)cc4n23)cc1. The molecule has 11 heteroatoms. The molecular weight excluding hydrogens is 404 g/mol. The van der Waals surface area contributed by atoms with E-state index in [1.54, 1.807) is 24.3 Å². The van der Waals surface area contributed by atoms with Crippen molar-refractivity contribution in [3.63, 3.8) is 0 Å². The van der Waals surface area contributed by atoms with Gasteiger partial charge in [-0.15, -0.1) is 0 Å². The van der Waals surface area contributed by atoms with Crippen LogP contribution in [0.1, 0.15) is 0 Å². The monoisotopic (exact) mass is 418 g/mol. The van der Waals surface area contributed by atoms with E-state index in [4.69, 9.17) is 5.73 Å². The van der Waals surface area contributed by atoms with E-state index in [-0.39, 0.29) is 11.5 Å². The molecule has 0 bridgehead atoms. The molecule has 0 aliphatic rings. The maximum Gasteiger partial charge on any atom is 0.405 e. The van der Waals surface area contributed by atoms with Gasteiger partial charge in [0.25, 0.3) is 0 Å². The third-order valence-electron chi connectivity index (χ3n) is 4.29. The Morgan fingerprint density at radius 2 is 1.87 bits per heavy atom. The van der Waals surface area contributed by atoms with E-state index >= 15 is 0 Å². The number of benzene rings is 2. The number of primary amides is 1. The average Bonchev–Trinajstić information content (AvgIpc) is 3.11. The number of aromatic nitrogens is 3. The summed E-state index contributed by atoms with van der Waals surface area (Å²) >= 11 is 0. The first-order valence-corrected chi connectivity index (χ1v) is 8.65. The lowest BCUT2D eigenvalue weighted by molar-refractivity contribution is -0.115. The number of nitrogens with one attached hydrogen (secondary N) is 2. The van der Waals surface area contributed by atoms with Crippen molar-refractivity contribution < 1.29 is 22.4 Å². The molecule has 7 nitrogen and oxygen atoms in total. The number of hydrogen-bond donors (Lipinski definition) is 3. The van der Waals surface area contributed by atoms with E-state index in [2.05, 4.69) is 20.6 Å². The third-order valence-corrected chi connectivity index (χ3v) is 4.29. The zero-order valence-electron chi connectivity index (χ0n) is 15.2. The minimum absolute atomic E-state index is 0.0790. The van der Waals surface area contributed by atoms with Gasteiger partial charge < -0.3 is 16.4 Å². The second-order valence-electron chi connectivity index (χ2n) is 6.43. The highest BCUT2D eigenvalue weighted by Crippen LogP contribution is 2.30. The fourth-order valence-electron chi connectivity index (χ4n) is 3.08. The van der Waals surface area contributed by atoms with E-state index in [9.17, 15) is 22.4 Å². The summed E-state index contributed by atoms with van der Waals surface area (Å²) in [7, 11) is 0. The first kappa shape index (κ1) is 19.4. The number of fused-ring (bicyclic) bond motifs is 3. The van der Waals surface area contributed by atoms with Crippen LogP contribution in [0.25, 0.3) is 27.9 Å². The van der Waals surface area contributed by atoms with E-state index in [1.807, 2.05) is 0 Å². The van der Waals surface area contributed by atoms with Crippen molar-refractivity contribution in [3.05, 3.63) is 54.5 Å². The molecule has 4 rings (SSSR count). The van der Waals surface area contributed by atoms with Crippen LogP contribution in [0.15, 0.2) is 48.7 Å². The van der Waals surface area contributed by atoms with Crippen molar-refractivity contribution in [2.24, 2.45) is 5.73 Å². The number of hydrogen-bond acceptors (Lipinski definition) is 4. The van der Waals surface area contributed by atoms with Gasteiger partial charge in [-0.3, -0.25) is 4.40 Å². The van der Waals surface area contributed by atoms with Gasteiger partial charge in [-0.1, -0.05) is 12.1 Å². The normalized spacial score (nSPS) is 11.7. The Labute approximate surface area is 166 Å². The van der Waals surface area contributed by atoms with Crippen LogP contribution in [0.2, 0.25) is 0 Å². The molecular formula is C19H14F4N6O. The van der Waals surface area contributed by atoms with Crippen molar-refractivity contribution in [1.82, 2.24) is 14.4 Å². The predicted molar refractivity (Wildman–Crippen MR) is 104 cm³/mol. The molecule has 0 spiro atoms. The number of imidazole rings is 1. The largest absolute Gasteiger partial charge is 0.405 e. The minimum Gasteiger partial charge on any atom is -0.358 e. The molecule has 2 amide bonds. The van der Waals surface area contributed by atoms with E-state index in [0.29, 0.717) is 28.0 Å². The van der Waals surface area contributed by atoms with Gasteiger partial charge in [0.2, 0.25) is 0 Å². The molecule has 0 fully saturated rings. The summed E-state index contributed by atoms with van der Waals surface area (Å²) in [4.78, 5) is 19.4. The Kier molecular flexibility index (Phi) is 4.65. The summed E-state index contributed by atoms with van der Waals surface area (Å²) in [6.07, 6.45) is -2.99. The molecule has 0 atom stereocenters. The van der Waals surface area contributed by atoms with Crippen molar-refractivity contribution in [2.45, 2.75) is 6.18 Å².